The summed E-state index contributed by atoms with van der Waals surface area (Å²) in [7, 11) is -3.66. The fourth-order valence-electron chi connectivity index (χ4n) is 3.87. The molecule has 0 saturated heterocycles. The number of anilines is 1. The molecule has 146 valence electrons. The minimum atomic E-state index is -3.66. The Labute approximate surface area is 165 Å². The maximum Gasteiger partial charge on any atom is 0.285 e. The van der Waals surface area contributed by atoms with E-state index in [4.69, 9.17) is 0 Å². The van der Waals surface area contributed by atoms with E-state index in [1.54, 1.807) is 48.5 Å². The van der Waals surface area contributed by atoms with Crippen LogP contribution in [0.5, 0.6) is 0 Å². The van der Waals surface area contributed by atoms with Crippen LogP contribution in [0.3, 0.4) is 0 Å². The maximum atomic E-state index is 12.5. The predicted molar refractivity (Wildman–Crippen MR) is 109 cm³/mol. The van der Waals surface area contributed by atoms with Gasteiger partial charge in [-0.05, 0) is 55.2 Å². The topological polar surface area (TPSA) is 87.6 Å². The van der Waals surface area contributed by atoms with Gasteiger partial charge in [0.25, 0.3) is 15.9 Å². The van der Waals surface area contributed by atoms with Crippen molar-refractivity contribution in [1.82, 2.24) is 5.32 Å². The number of nitrogens with one attached hydrogen (secondary N) is 2. The molecule has 1 fully saturated rings. The van der Waals surface area contributed by atoms with Crippen LogP contribution < -0.4 is 10.6 Å². The van der Waals surface area contributed by atoms with E-state index in [1.807, 2.05) is 0 Å². The highest BCUT2D eigenvalue weighted by molar-refractivity contribution is 7.90. The Bertz CT molecular complexity index is 1030. The summed E-state index contributed by atoms with van der Waals surface area (Å²) in [5.74, 6) is 0.873. The fraction of sp³-hybridized carbons (Fsp3) is 0.333. The van der Waals surface area contributed by atoms with E-state index in [0.717, 1.165) is 19.3 Å². The van der Waals surface area contributed by atoms with Gasteiger partial charge in [0.1, 0.15) is 4.90 Å². The molecule has 2 aromatic rings. The Morgan fingerprint density at radius 3 is 2.57 bits per heavy atom. The summed E-state index contributed by atoms with van der Waals surface area (Å²) in [6.07, 6.45) is 4.44. The number of fused-ring (bicyclic) bond motifs is 1. The monoisotopic (exact) mass is 397 g/mol. The molecule has 1 aliphatic carbocycles. The molecule has 1 heterocycles. The van der Waals surface area contributed by atoms with Crippen LogP contribution in [-0.4, -0.2) is 26.2 Å². The lowest BCUT2D eigenvalue weighted by molar-refractivity contribution is 0.0921. The molecule has 4 rings (SSSR count). The summed E-state index contributed by atoms with van der Waals surface area (Å²) in [5, 5.41) is 6.16. The number of sulfonamides is 1. The average Bonchev–Trinajstić information content (AvgIpc) is 2.93. The molecule has 7 heteroatoms. The van der Waals surface area contributed by atoms with Gasteiger partial charge in [-0.3, -0.25) is 4.79 Å². The summed E-state index contributed by atoms with van der Waals surface area (Å²) in [6, 6.07) is 13.9. The second kappa shape index (κ2) is 7.39. The molecule has 0 bridgehead atoms. The highest BCUT2D eigenvalue weighted by Crippen LogP contribution is 2.27. The number of nitrogens with zero attached hydrogens (tertiary/aromatic N) is 1. The van der Waals surface area contributed by atoms with Crippen molar-refractivity contribution in [3.8, 4) is 0 Å². The first-order valence-electron chi connectivity index (χ1n) is 9.55. The average molecular weight is 398 g/mol. The van der Waals surface area contributed by atoms with Crippen molar-refractivity contribution in [3.05, 3.63) is 59.7 Å². The first-order valence-corrected chi connectivity index (χ1v) is 11.0. The van der Waals surface area contributed by atoms with Gasteiger partial charge in [-0.1, -0.05) is 31.9 Å². The summed E-state index contributed by atoms with van der Waals surface area (Å²) < 4.78 is 28.1. The van der Waals surface area contributed by atoms with Gasteiger partial charge in [-0.15, -0.1) is 4.40 Å². The number of amidine groups is 1. The fourth-order valence-corrected chi connectivity index (χ4v) is 5.05. The van der Waals surface area contributed by atoms with Gasteiger partial charge in [0.15, 0.2) is 5.84 Å². The molecular weight excluding hydrogens is 374 g/mol. The van der Waals surface area contributed by atoms with E-state index in [1.165, 1.54) is 6.42 Å². The van der Waals surface area contributed by atoms with Crippen molar-refractivity contribution in [2.45, 2.75) is 43.5 Å². The lowest BCUT2D eigenvalue weighted by Gasteiger charge is -2.27. The van der Waals surface area contributed by atoms with E-state index in [2.05, 4.69) is 22.0 Å². The van der Waals surface area contributed by atoms with Crippen molar-refractivity contribution < 1.29 is 13.2 Å². The Kier molecular flexibility index (Phi) is 4.93. The molecule has 6 nitrogen and oxygen atoms in total. The van der Waals surface area contributed by atoms with E-state index in [0.29, 0.717) is 28.6 Å². The highest BCUT2D eigenvalue weighted by Gasteiger charge is 2.28. The van der Waals surface area contributed by atoms with Gasteiger partial charge in [-0.2, -0.15) is 8.42 Å². The molecule has 1 saturated carbocycles. The summed E-state index contributed by atoms with van der Waals surface area (Å²) in [5.41, 5.74) is 1.81. The Morgan fingerprint density at radius 1 is 1.07 bits per heavy atom. The van der Waals surface area contributed by atoms with Crippen LogP contribution >= 0.6 is 0 Å². The third-order valence-electron chi connectivity index (χ3n) is 5.31. The normalized spacial score (nSPS) is 22.8. The molecule has 1 aliphatic heterocycles. The Balaban J connectivity index is 1.45. The van der Waals surface area contributed by atoms with E-state index in [9.17, 15) is 13.2 Å². The summed E-state index contributed by atoms with van der Waals surface area (Å²) >= 11 is 0. The molecule has 1 amide bonds. The Morgan fingerprint density at radius 2 is 1.82 bits per heavy atom. The van der Waals surface area contributed by atoms with Crippen molar-refractivity contribution >= 4 is 27.5 Å². The van der Waals surface area contributed by atoms with Gasteiger partial charge in [0, 0.05) is 22.9 Å². The minimum Gasteiger partial charge on any atom is -0.349 e. The van der Waals surface area contributed by atoms with Crippen LogP contribution in [0.25, 0.3) is 0 Å². The lowest BCUT2D eigenvalue weighted by atomic mass is 9.87. The second-order valence-electron chi connectivity index (χ2n) is 7.56. The zero-order chi connectivity index (χ0) is 19.7. The Hall–Kier alpha value is -2.67. The molecule has 0 spiro atoms. The number of hydrogen-bond acceptors (Lipinski definition) is 4. The quantitative estimate of drug-likeness (QED) is 0.829. The first-order chi connectivity index (χ1) is 13.4. The predicted octanol–water partition coefficient (Wildman–Crippen LogP) is 3.56. The van der Waals surface area contributed by atoms with Crippen molar-refractivity contribution in [1.29, 1.82) is 0 Å². The SMILES string of the molecule is C[C@H]1CCC[C@@H](NC(=O)c2ccc(NC3=NS(=O)(=O)c4ccccc43)cc2)C1. The molecule has 0 aromatic heterocycles. The third-order valence-corrected chi connectivity index (χ3v) is 6.65. The summed E-state index contributed by atoms with van der Waals surface area (Å²) in [6.45, 7) is 2.23. The van der Waals surface area contributed by atoms with Gasteiger partial charge >= 0.3 is 0 Å². The zero-order valence-corrected chi connectivity index (χ0v) is 16.5. The smallest absolute Gasteiger partial charge is 0.285 e. The van der Waals surface area contributed by atoms with Gasteiger partial charge < -0.3 is 10.6 Å². The van der Waals surface area contributed by atoms with Crippen molar-refractivity contribution in [2.24, 2.45) is 10.3 Å². The molecule has 2 aliphatic rings. The maximum absolute atomic E-state index is 12.5. The van der Waals surface area contributed by atoms with Crippen LogP contribution in [0, 0.1) is 5.92 Å². The van der Waals surface area contributed by atoms with Gasteiger partial charge in [-0.25, -0.2) is 0 Å². The van der Waals surface area contributed by atoms with Crippen molar-refractivity contribution in [2.75, 3.05) is 5.32 Å². The summed E-state index contributed by atoms with van der Waals surface area (Å²) in [4.78, 5) is 12.7. The van der Waals surface area contributed by atoms with Crippen LogP contribution in [0.15, 0.2) is 57.8 Å². The standard InChI is InChI=1S/C21H23N3O3S/c1-14-5-4-6-17(13-14)23-21(25)15-9-11-16(12-10-15)22-20-18-7-2-3-8-19(18)28(26,27)24-20/h2-3,7-12,14,17H,4-6,13H2,1H3,(H,22,24)(H,23,25)/t14-,17+/m0/s1. The van der Waals surface area contributed by atoms with Gasteiger partial charge in [0.05, 0.1) is 0 Å². The third kappa shape index (κ3) is 3.80. The second-order valence-corrected chi connectivity index (χ2v) is 9.13. The molecule has 0 radical (unpaired) electrons. The van der Waals surface area contributed by atoms with Crippen LogP contribution in [-0.2, 0) is 10.0 Å². The van der Waals surface area contributed by atoms with Crippen LogP contribution in [0.1, 0.15) is 48.5 Å². The van der Waals surface area contributed by atoms with Crippen LogP contribution in [0.4, 0.5) is 5.69 Å². The number of hydrogen-bond donors (Lipinski definition) is 2. The first kappa shape index (κ1) is 18.7. The number of amides is 1. The van der Waals surface area contributed by atoms with E-state index < -0.39 is 10.0 Å². The van der Waals surface area contributed by atoms with Gasteiger partial charge in [0.2, 0.25) is 0 Å². The number of benzene rings is 2. The molecule has 28 heavy (non-hydrogen) atoms. The minimum absolute atomic E-state index is 0.0724. The number of carbonyl (C=O) groups is 1. The molecule has 2 N–H and O–H groups in total. The van der Waals surface area contributed by atoms with E-state index in [-0.39, 0.29) is 16.8 Å². The molecular formula is C21H23N3O3S. The molecule has 2 atom stereocenters. The van der Waals surface area contributed by atoms with Crippen molar-refractivity contribution in [3.63, 3.8) is 0 Å². The number of rotatable bonds is 3. The number of carbonyl (C=O) groups excluding carboxylic acids is 1. The molecule has 0 unspecified atom stereocenters. The molecule has 2 aromatic carbocycles. The highest BCUT2D eigenvalue weighted by atomic mass is 32.2. The largest absolute Gasteiger partial charge is 0.349 e. The zero-order valence-electron chi connectivity index (χ0n) is 15.7. The van der Waals surface area contributed by atoms with E-state index >= 15 is 0 Å². The lowest BCUT2D eigenvalue weighted by Crippen LogP contribution is -2.37. The van der Waals surface area contributed by atoms with Crippen LogP contribution in [0.2, 0.25) is 0 Å².